The average Bonchev–Trinajstić information content (AvgIpc) is 3.08. The van der Waals surface area contributed by atoms with Crippen LogP contribution in [-0.4, -0.2) is 47.9 Å². The quantitative estimate of drug-likeness (QED) is 0.652. The Morgan fingerprint density at radius 3 is 2.96 bits per heavy atom. The molecule has 0 amide bonds. The first-order valence-corrected chi connectivity index (χ1v) is 9.04. The molecule has 3 heterocycles. The van der Waals surface area contributed by atoms with Gasteiger partial charge in [-0.1, -0.05) is 18.7 Å². The van der Waals surface area contributed by atoms with Gasteiger partial charge in [-0.25, -0.2) is 0 Å². The van der Waals surface area contributed by atoms with E-state index in [0.29, 0.717) is 25.8 Å². The Morgan fingerprint density at radius 2 is 2.15 bits per heavy atom. The number of nitrogens with one attached hydrogen (secondary N) is 2. The Hall–Kier alpha value is -3.06. The van der Waals surface area contributed by atoms with Crippen LogP contribution < -0.4 is 15.0 Å². The minimum Gasteiger partial charge on any atom is -0.489 e. The molecule has 0 radical (unpaired) electrons. The molecule has 0 saturated carbocycles. The average molecular weight is 365 g/mol. The molecule has 7 heteroatoms. The van der Waals surface area contributed by atoms with Crippen LogP contribution in [0.15, 0.2) is 43.0 Å². The summed E-state index contributed by atoms with van der Waals surface area (Å²) in [5.41, 5.74) is 2.78. The van der Waals surface area contributed by atoms with Crippen molar-refractivity contribution < 1.29 is 9.47 Å². The van der Waals surface area contributed by atoms with Crippen LogP contribution in [0.2, 0.25) is 0 Å². The van der Waals surface area contributed by atoms with Gasteiger partial charge < -0.3 is 24.7 Å². The van der Waals surface area contributed by atoms with Gasteiger partial charge in [-0.2, -0.15) is 9.97 Å². The van der Waals surface area contributed by atoms with Crippen molar-refractivity contribution in [3.8, 4) is 5.75 Å². The summed E-state index contributed by atoms with van der Waals surface area (Å²) in [5, 5.41) is 4.38. The number of nitrogens with zero attached hydrogens (tertiary/aromatic N) is 3. The van der Waals surface area contributed by atoms with Gasteiger partial charge in [0.05, 0.1) is 18.6 Å². The van der Waals surface area contributed by atoms with Crippen LogP contribution in [0.1, 0.15) is 5.69 Å². The molecule has 1 saturated heterocycles. The van der Waals surface area contributed by atoms with E-state index in [2.05, 4.69) is 27.8 Å². The molecule has 0 unspecified atom stereocenters. The topological polar surface area (TPSA) is 75.3 Å². The lowest BCUT2D eigenvalue weighted by molar-refractivity contribution is 0.122. The maximum Gasteiger partial charge on any atom is 0.229 e. The highest BCUT2D eigenvalue weighted by atomic mass is 16.5. The molecule has 0 atom stereocenters. The maximum absolute atomic E-state index is 5.62. The molecule has 1 fully saturated rings. The lowest BCUT2D eigenvalue weighted by atomic mass is 10.2. The van der Waals surface area contributed by atoms with Crippen molar-refractivity contribution in [2.24, 2.45) is 0 Å². The second-order valence-corrected chi connectivity index (χ2v) is 6.44. The second-order valence-electron chi connectivity index (χ2n) is 6.44. The van der Waals surface area contributed by atoms with E-state index in [-0.39, 0.29) is 0 Å². The minimum atomic E-state index is 0.472. The zero-order valence-electron chi connectivity index (χ0n) is 15.4. The number of anilines is 3. The van der Waals surface area contributed by atoms with Gasteiger partial charge in [0.15, 0.2) is 0 Å². The minimum absolute atomic E-state index is 0.472. The summed E-state index contributed by atoms with van der Waals surface area (Å²) in [6, 6.07) is 9.86. The van der Waals surface area contributed by atoms with Gasteiger partial charge in [0.2, 0.25) is 5.95 Å². The molecule has 27 heavy (non-hydrogen) atoms. The standard InChI is InChI=1S/C20H23N5O2/c1-3-9-27-16-6-4-5-15(13-16)22-19-17-12-14(2)21-18(17)23-20(24-19)25-7-10-26-11-8-25/h3-6,12-13H,1,7-11H2,2H3,(H2,21,22,23,24). The lowest BCUT2D eigenvalue weighted by Crippen LogP contribution is -2.37. The molecule has 1 aliphatic rings. The van der Waals surface area contributed by atoms with Gasteiger partial charge in [-0.15, -0.1) is 0 Å². The Morgan fingerprint density at radius 1 is 1.30 bits per heavy atom. The number of benzene rings is 1. The Kier molecular flexibility index (Phi) is 4.93. The fourth-order valence-electron chi connectivity index (χ4n) is 3.08. The molecule has 7 nitrogen and oxygen atoms in total. The molecular weight excluding hydrogens is 342 g/mol. The van der Waals surface area contributed by atoms with E-state index in [1.165, 1.54) is 0 Å². The van der Waals surface area contributed by atoms with Crippen molar-refractivity contribution in [3.63, 3.8) is 0 Å². The highest BCUT2D eigenvalue weighted by Crippen LogP contribution is 2.28. The van der Waals surface area contributed by atoms with E-state index in [1.54, 1.807) is 6.08 Å². The van der Waals surface area contributed by atoms with Gasteiger partial charge in [0, 0.05) is 30.5 Å². The zero-order chi connectivity index (χ0) is 18.6. The maximum atomic E-state index is 5.62. The van der Waals surface area contributed by atoms with E-state index in [4.69, 9.17) is 19.4 Å². The summed E-state index contributed by atoms with van der Waals surface area (Å²) in [5.74, 6) is 2.25. The van der Waals surface area contributed by atoms with Crippen LogP contribution in [0.4, 0.5) is 17.5 Å². The van der Waals surface area contributed by atoms with Crippen molar-refractivity contribution in [1.29, 1.82) is 0 Å². The summed E-state index contributed by atoms with van der Waals surface area (Å²) in [6.45, 7) is 9.13. The van der Waals surface area contributed by atoms with E-state index >= 15 is 0 Å². The normalized spacial score (nSPS) is 14.3. The molecule has 0 bridgehead atoms. The van der Waals surface area contributed by atoms with E-state index in [0.717, 1.165) is 47.1 Å². The molecule has 0 aliphatic carbocycles. The monoisotopic (exact) mass is 365 g/mol. The summed E-state index contributed by atoms with van der Waals surface area (Å²) < 4.78 is 11.1. The zero-order valence-corrected chi connectivity index (χ0v) is 15.4. The number of H-pyrrole nitrogens is 1. The summed E-state index contributed by atoms with van der Waals surface area (Å²) in [7, 11) is 0. The number of morpholine rings is 1. The van der Waals surface area contributed by atoms with E-state index in [1.807, 2.05) is 31.2 Å². The third kappa shape index (κ3) is 3.88. The fraction of sp³-hybridized carbons (Fsp3) is 0.300. The molecule has 4 rings (SSSR count). The number of ether oxygens (including phenoxy) is 2. The largest absolute Gasteiger partial charge is 0.489 e. The first-order valence-electron chi connectivity index (χ1n) is 9.04. The second kappa shape index (κ2) is 7.67. The highest BCUT2D eigenvalue weighted by Gasteiger charge is 2.18. The third-order valence-electron chi connectivity index (χ3n) is 4.37. The lowest BCUT2D eigenvalue weighted by Gasteiger charge is -2.27. The SMILES string of the molecule is C=CCOc1cccc(Nc2nc(N3CCOCC3)nc3[nH]c(C)cc23)c1. The fourth-order valence-corrected chi connectivity index (χ4v) is 3.08. The van der Waals surface area contributed by atoms with Gasteiger partial charge >= 0.3 is 0 Å². The first-order chi connectivity index (χ1) is 13.2. The Labute approximate surface area is 158 Å². The van der Waals surface area contributed by atoms with Crippen LogP contribution >= 0.6 is 0 Å². The number of aromatic nitrogens is 3. The van der Waals surface area contributed by atoms with Crippen LogP contribution in [0, 0.1) is 6.92 Å². The van der Waals surface area contributed by atoms with Crippen molar-refractivity contribution in [1.82, 2.24) is 15.0 Å². The van der Waals surface area contributed by atoms with Gasteiger partial charge in [-0.3, -0.25) is 0 Å². The molecule has 0 spiro atoms. The van der Waals surface area contributed by atoms with Gasteiger partial charge in [0.25, 0.3) is 0 Å². The highest BCUT2D eigenvalue weighted by molar-refractivity contribution is 5.90. The number of hydrogen-bond acceptors (Lipinski definition) is 6. The summed E-state index contributed by atoms with van der Waals surface area (Å²) in [6.07, 6.45) is 1.73. The smallest absolute Gasteiger partial charge is 0.229 e. The molecule has 140 valence electrons. The molecule has 1 aliphatic heterocycles. The third-order valence-corrected chi connectivity index (χ3v) is 4.37. The Bertz CT molecular complexity index is 947. The molecule has 2 N–H and O–H groups in total. The summed E-state index contributed by atoms with van der Waals surface area (Å²) >= 11 is 0. The number of rotatable bonds is 6. The predicted octanol–water partition coefficient (Wildman–Crippen LogP) is 3.41. The Balaban J connectivity index is 1.68. The molecule has 1 aromatic carbocycles. The number of hydrogen-bond donors (Lipinski definition) is 2. The molecule has 2 aromatic heterocycles. The van der Waals surface area contributed by atoms with Crippen molar-refractivity contribution in [2.45, 2.75) is 6.92 Å². The first kappa shape index (κ1) is 17.4. The van der Waals surface area contributed by atoms with Crippen LogP contribution in [-0.2, 0) is 4.74 Å². The van der Waals surface area contributed by atoms with Gasteiger partial charge in [0.1, 0.15) is 23.8 Å². The molecule has 3 aromatic rings. The summed E-state index contributed by atoms with van der Waals surface area (Å²) in [4.78, 5) is 15.0. The predicted molar refractivity (Wildman–Crippen MR) is 107 cm³/mol. The van der Waals surface area contributed by atoms with Crippen LogP contribution in [0.5, 0.6) is 5.75 Å². The molecular formula is C20H23N5O2. The van der Waals surface area contributed by atoms with E-state index in [9.17, 15) is 0 Å². The van der Waals surface area contributed by atoms with Crippen molar-refractivity contribution >= 4 is 28.5 Å². The van der Waals surface area contributed by atoms with Crippen molar-refractivity contribution in [2.75, 3.05) is 43.1 Å². The van der Waals surface area contributed by atoms with Crippen LogP contribution in [0.25, 0.3) is 11.0 Å². The number of fused-ring (bicyclic) bond motifs is 1. The van der Waals surface area contributed by atoms with Crippen molar-refractivity contribution in [3.05, 3.63) is 48.7 Å². The number of aromatic amines is 1. The van der Waals surface area contributed by atoms with Gasteiger partial charge in [-0.05, 0) is 25.1 Å². The van der Waals surface area contributed by atoms with E-state index < -0.39 is 0 Å². The van der Waals surface area contributed by atoms with Crippen LogP contribution in [0.3, 0.4) is 0 Å². The number of aryl methyl sites for hydroxylation is 1.